The second kappa shape index (κ2) is 8.23. The maximum Gasteiger partial charge on any atom is 0.266 e. The highest BCUT2D eigenvalue weighted by atomic mass is 35.5. The number of hydrogen-bond donors (Lipinski definition) is 0. The number of carbonyl (C=O) groups excluding carboxylic acids is 1. The Hall–Kier alpha value is -2.89. The van der Waals surface area contributed by atoms with Crippen LogP contribution >= 0.6 is 23.4 Å². The topological polar surface area (TPSA) is 52.0 Å². The first-order valence-electron chi connectivity index (χ1n) is 9.03. The minimum absolute atomic E-state index is 0.0159. The normalized spacial score (nSPS) is 11.0. The van der Waals surface area contributed by atoms with Crippen LogP contribution in [0.25, 0.3) is 16.6 Å². The lowest BCUT2D eigenvalue weighted by Crippen LogP contribution is -2.21. The molecule has 0 amide bonds. The van der Waals surface area contributed by atoms with Crippen molar-refractivity contribution in [3.8, 4) is 5.69 Å². The Balaban J connectivity index is 1.80. The number of nitrogens with zero attached hydrogens (tertiary/aromatic N) is 2. The van der Waals surface area contributed by atoms with Crippen LogP contribution in [-0.4, -0.2) is 15.3 Å². The van der Waals surface area contributed by atoms with Gasteiger partial charge < -0.3 is 0 Å². The average Bonchev–Trinajstić information content (AvgIpc) is 2.73. The van der Waals surface area contributed by atoms with Crippen molar-refractivity contribution in [2.75, 3.05) is 0 Å². The molecule has 0 N–H and O–H groups in total. The molecule has 0 radical (unpaired) electrons. The molecule has 6 heteroatoms. The molecule has 0 aliphatic carbocycles. The summed E-state index contributed by atoms with van der Waals surface area (Å²) in [7, 11) is 0. The molecule has 29 heavy (non-hydrogen) atoms. The number of Topliss-reactive ketones (excluding diaryl/α,β-unsaturated/α-hetero) is 1. The zero-order chi connectivity index (χ0) is 20.4. The van der Waals surface area contributed by atoms with Gasteiger partial charge in [0, 0.05) is 16.3 Å². The Morgan fingerprint density at radius 3 is 2.38 bits per heavy atom. The SMILES string of the molecule is CC(=O)c1ccc(-n2c(SCc3ccc(Cl)cc3)nc3ccccc3c2=O)cc1. The van der Waals surface area contributed by atoms with Gasteiger partial charge in [0.1, 0.15) is 0 Å². The van der Waals surface area contributed by atoms with E-state index in [1.807, 2.05) is 42.5 Å². The van der Waals surface area contributed by atoms with Gasteiger partial charge in [-0.05, 0) is 61.0 Å². The molecule has 0 aliphatic rings. The van der Waals surface area contributed by atoms with Gasteiger partial charge in [-0.1, -0.05) is 47.6 Å². The van der Waals surface area contributed by atoms with E-state index in [1.54, 1.807) is 34.9 Å². The van der Waals surface area contributed by atoms with Crippen LogP contribution in [0, 0.1) is 0 Å². The molecule has 1 aromatic heterocycles. The van der Waals surface area contributed by atoms with Crippen molar-refractivity contribution in [1.82, 2.24) is 9.55 Å². The standard InChI is InChI=1S/C23H17ClN2O2S/c1-15(27)17-8-12-19(13-9-17)26-22(28)20-4-2-3-5-21(20)25-23(26)29-14-16-6-10-18(24)11-7-16/h2-13H,14H2,1H3. The molecule has 0 atom stereocenters. The second-order valence-corrected chi connectivity index (χ2v) is 7.95. The highest BCUT2D eigenvalue weighted by Crippen LogP contribution is 2.25. The minimum atomic E-state index is -0.134. The van der Waals surface area contributed by atoms with Gasteiger partial charge in [0.2, 0.25) is 0 Å². The third-order valence-electron chi connectivity index (χ3n) is 4.56. The predicted molar refractivity (Wildman–Crippen MR) is 118 cm³/mol. The van der Waals surface area contributed by atoms with Gasteiger partial charge in [0.05, 0.1) is 16.6 Å². The number of aromatic nitrogens is 2. The van der Waals surface area contributed by atoms with Crippen LogP contribution < -0.4 is 5.56 Å². The second-order valence-electron chi connectivity index (χ2n) is 6.57. The minimum Gasteiger partial charge on any atom is -0.295 e. The molecule has 4 nitrogen and oxygen atoms in total. The molecule has 0 spiro atoms. The summed E-state index contributed by atoms with van der Waals surface area (Å²) in [6.45, 7) is 1.52. The van der Waals surface area contributed by atoms with Crippen molar-refractivity contribution in [2.45, 2.75) is 17.8 Å². The Morgan fingerprint density at radius 1 is 1.00 bits per heavy atom. The van der Waals surface area contributed by atoms with Gasteiger partial charge in [-0.2, -0.15) is 0 Å². The predicted octanol–water partition coefficient (Wildman–Crippen LogP) is 5.53. The van der Waals surface area contributed by atoms with Crippen molar-refractivity contribution >= 4 is 40.0 Å². The number of hydrogen-bond acceptors (Lipinski definition) is 4. The summed E-state index contributed by atoms with van der Waals surface area (Å²) in [5.74, 6) is 0.630. The van der Waals surface area contributed by atoms with E-state index < -0.39 is 0 Å². The van der Waals surface area contributed by atoms with E-state index in [9.17, 15) is 9.59 Å². The molecule has 0 aliphatic heterocycles. The van der Waals surface area contributed by atoms with Crippen molar-refractivity contribution in [1.29, 1.82) is 0 Å². The monoisotopic (exact) mass is 420 g/mol. The first-order valence-corrected chi connectivity index (χ1v) is 10.4. The van der Waals surface area contributed by atoms with E-state index in [4.69, 9.17) is 16.6 Å². The summed E-state index contributed by atoms with van der Waals surface area (Å²) in [4.78, 5) is 29.6. The maximum absolute atomic E-state index is 13.2. The van der Waals surface area contributed by atoms with Crippen molar-refractivity contribution < 1.29 is 4.79 Å². The summed E-state index contributed by atoms with van der Waals surface area (Å²) >= 11 is 7.45. The zero-order valence-electron chi connectivity index (χ0n) is 15.6. The third-order valence-corrected chi connectivity index (χ3v) is 5.82. The number of ketones is 1. The van der Waals surface area contributed by atoms with Crippen molar-refractivity contribution in [2.24, 2.45) is 0 Å². The van der Waals surface area contributed by atoms with E-state index in [0.29, 0.717) is 38.1 Å². The number of rotatable bonds is 5. The van der Waals surface area contributed by atoms with E-state index in [2.05, 4.69) is 0 Å². The summed E-state index contributed by atoms with van der Waals surface area (Å²) in [5.41, 5.74) is 2.89. The lowest BCUT2D eigenvalue weighted by Gasteiger charge is -2.13. The van der Waals surface area contributed by atoms with E-state index in [0.717, 1.165) is 5.56 Å². The smallest absolute Gasteiger partial charge is 0.266 e. The fourth-order valence-corrected chi connectivity index (χ4v) is 4.11. The van der Waals surface area contributed by atoms with Crippen LogP contribution in [0.2, 0.25) is 5.02 Å². The number of thioether (sulfide) groups is 1. The van der Waals surface area contributed by atoms with Gasteiger partial charge >= 0.3 is 0 Å². The molecule has 0 unspecified atom stereocenters. The zero-order valence-corrected chi connectivity index (χ0v) is 17.2. The molecule has 0 saturated heterocycles. The first-order chi connectivity index (χ1) is 14.0. The molecule has 0 saturated carbocycles. The van der Waals surface area contributed by atoms with E-state index in [1.165, 1.54) is 18.7 Å². The molecule has 4 rings (SSSR count). The van der Waals surface area contributed by atoms with Crippen LogP contribution in [-0.2, 0) is 5.75 Å². The van der Waals surface area contributed by atoms with E-state index in [-0.39, 0.29) is 11.3 Å². The van der Waals surface area contributed by atoms with Crippen LogP contribution in [0.15, 0.2) is 82.7 Å². The number of halogens is 1. The molecule has 1 heterocycles. The summed E-state index contributed by atoms with van der Waals surface area (Å²) < 4.78 is 1.60. The number of carbonyl (C=O) groups is 1. The molecule has 0 fully saturated rings. The summed E-state index contributed by atoms with van der Waals surface area (Å²) in [6, 6.07) is 21.9. The van der Waals surface area contributed by atoms with Crippen LogP contribution in [0.5, 0.6) is 0 Å². The van der Waals surface area contributed by atoms with Gasteiger partial charge in [-0.25, -0.2) is 4.98 Å². The average molecular weight is 421 g/mol. The molecule has 144 valence electrons. The van der Waals surface area contributed by atoms with E-state index >= 15 is 0 Å². The molecular weight excluding hydrogens is 404 g/mol. The highest BCUT2D eigenvalue weighted by molar-refractivity contribution is 7.98. The Labute approximate surface area is 177 Å². The number of benzene rings is 3. The highest BCUT2D eigenvalue weighted by Gasteiger charge is 2.14. The van der Waals surface area contributed by atoms with Gasteiger partial charge in [0.15, 0.2) is 10.9 Å². The Morgan fingerprint density at radius 2 is 1.69 bits per heavy atom. The first kappa shape index (κ1) is 19.4. The number of fused-ring (bicyclic) bond motifs is 1. The van der Waals surface area contributed by atoms with Crippen molar-refractivity contribution in [3.63, 3.8) is 0 Å². The fraction of sp³-hybridized carbons (Fsp3) is 0.0870. The van der Waals surface area contributed by atoms with Gasteiger partial charge in [-0.3, -0.25) is 14.2 Å². The van der Waals surface area contributed by atoms with Crippen LogP contribution in [0.3, 0.4) is 0 Å². The Bertz CT molecular complexity index is 1250. The quantitative estimate of drug-likeness (QED) is 0.242. The summed E-state index contributed by atoms with van der Waals surface area (Å²) in [5, 5.41) is 1.84. The van der Waals surface area contributed by atoms with Crippen molar-refractivity contribution in [3.05, 3.63) is 99.3 Å². The Kier molecular flexibility index (Phi) is 5.51. The molecular formula is C23H17ClN2O2S. The molecule has 4 aromatic rings. The largest absolute Gasteiger partial charge is 0.295 e. The van der Waals surface area contributed by atoms with Gasteiger partial charge in [-0.15, -0.1) is 0 Å². The number of para-hydroxylation sites is 1. The van der Waals surface area contributed by atoms with Crippen LogP contribution in [0.1, 0.15) is 22.8 Å². The fourth-order valence-electron chi connectivity index (χ4n) is 3.01. The lowest BCUT2D eigenvalue weighted by molar-refractivity contribution is 0.101. The maximum atomic E-state index is 13.2. The molecule has 3 aromatic carbocycles. The van der Waals surface area contributed by atoms with Crippen LogP contribution in [0.4, 0.5) is 0 Å². The summed E-state index contributed by atoms with van der Waals surface area (Å²) in [6.07, 6.45) is 0. The lowest BCUT2D eigenvalue weighted by atomic mass is 10.1. The molecule has 0 bridgehead atoms. The van der Waals surface area contributed by atoms with Gasteiger partial charge in [0.25, 0.3) is 5.56 Å². The third kappa shape index (κ3) is 4.11.